The molecule has 3 rings (SSSR count). The Morgan fingerprint density at radius 3 is 2.65 bits per heavy atom. The molecular formula is C13H10ClN3. The third kappa shape index (κ3) is 1.78. The molecule has 0 bridgehead atoms. The van der Waals surface area contributed by atoms with Crippen molar-refractivity contribution in [3.8, 4) is 11.3 Å². The summed E-state index contributed by atoms with van der Waals surface area (Å²) >= 11 is 5.97. The molecular weight excluding hydrogens is 234 g/mol. The molecule has 0 saturated carbocycles. The second kappa shape index (κ2) is 3.86. The second-order valence-corrected chi connectivity index (χ2v) is 4.27. The van der Waals surface area contributed by atoms with Gasteiger partial charge in [-0.15, -0.1) is 0 Å². The monoisotopic (exact) mass is 243 g/mol. The van der Waals surface area contributed by atoms with Gasteiger partial charge in [-0.3, -0.25) is 0 Å². The van der Waals surface area contributed by atoms with Crippen molar-refractivity contribution in [2.75, 3.05) is 0 Å². The zero-order valence-corrected chi connectivity index (χ0v) is 9.99. The Hall–Kier alpha value is -1.87. The summed E-state index contributed by atoms with van der Waals surface area (Å²) < 4.78 is 0. The predicted molar refractivity (Wildman–Crippen MR) is 69.1 cm³/mol. The van der Waals surface area contributed by atoms with Crippen LogP contribution in [0, 0.1) is 6.92 Å². The summed E-state index contributed by atoms with van der Waals surface area (Å²) in [6, 6.07) is 11.9. The Balaban J connectivity index is 2.35. The highest BCUT2D eigenvalue weighted by Gasteiger charge is 2.10. The van der Waals surface area contributed by atoms with E-state index in [2.05, 4.69) is 15.0 Å². The Bertz CT molecular complexity index is 674. The summed E-state index contributed by atoms with van der Waals surface area (Å²) in [7, 11) is 0. The lowest BCUT2D eigenvalue weighted by Gasteiger charge is -2.03. The minimum atomic E-state index is 0.581. The van der Waals surface area contributed by atoms with Crippen LogP contribution < -0.4 is 0 Å². The predicted octanol–water partition coefficient (Wildman–Crippen LogP) is 3.59. The van der Waals surface area contributed by atoms with Gasteiger partial charge in [0.05, 0.1) is 5.69 Å². The van der Waals surface area contributed by atoms with Crippen molar-refractivity contribution in [3.05, 3.63) is 47.4 Å². The number of fused-ring (bicyclic) bond motifs is 1. The first-order chi connectivity index (χ1) is 8.24. The minimum Gasteiger partial charge on any atom is -0.330 e. The first kappa shape index (κ1) is 10.3. The van der Waals surface area contributed by atoms with E-state index < -0.39 is 0 Å². The highest BCUT2D eigenvalue weighted by molar-refractivity contribution is 6.30. The fraction of sp³-hybridized carbons (Fsp3) is 0.0769. The smallest absolute Gasteiger partial charge is 0.142 e. The number of hydrogen-bond acceptors (Lipinski definition) is 2. The van der Waals surface area contributed by atoms with E-state index in [-0.39, 0.29) is 0 Å². The molecule has 2 heterocycles. The molecule has 0 amide bonds. The molecule has 3 aromatic rings. The van der Waals surface area contributed by atoms with Crippen molar-refractivity contribution in [2.24, 2.45) is 0 Å². The second-order valence-electron chi connectivity index (χ2n) is 3.87. The Labute approximate surface area is 103 Å². The van der Waals surface area contributed by atoms with Crippen molar-refractivity contribution < 1.29 is 0 Å². The van der Waals surface area contributed by atoms with E-state index >= 15 is 0 Å². The highest BCUT2D eigenvalue weighted by atomic mass is 35.5. The Kier molecular flexibility index (Phi) is 2.34. The van der Waals surface area contributed by atoms with E-state index in [4.69, 9.17) is 11.6 Å². The van der Waals surface area contributed by atoms with E-state index in [9.17, 15) is 0 Å². The lowest BCUT2D eigenvalue weighted by Crippen LogP contribution is -1.92. The van der Waals surface area contributed by atoms with Crippen LogP contribution in [0.2, 0.25) is 5.15 Å². The number of aromatic amines is 1. The summed E-state index contributed by atoms with van der Waals surface area (Å²) in [5.41, 5.74) is 2.76. The highest BCUT2D eigenvalue weighted by Crippen LogP contribution is 2.27. The number of H-pyrrole nitrogens is 1. The quantitative estimate of drug-likeness (QED) is 0.710. The van der Waals surface area contributed by atoms with Gasteiger partial charge in [0.1, 0.15) is 16.6 Å². The molecule has 84 valence electrons. The standard InChI is InChI=1S/C13H10ClN3/c1-8-15-12(9-5-3-2-4-6-9)10-7-11(14)17-13(10)16-8/h2-7H,1H3,(H,15,16,17). The van der Waals surface area contributed by atoms with Gasteiger partial charge in [0, 0.05) is 10.9 Å². The molecule has 1 aromatic carbocycles. The SMILES string of the molecule is Cc1nc(-c2ccccc2)c2cc(Cl)[nH]c2n1. The Morgan fingerprint density at radius 1 is 1.12 bits per heavy atom. The molecule has 0 aliphatic carbocycles. The van der Waals surface area contributed by atoms with Crippen LogP contribution in [0.5, 0.6) is 0 Å². The van der Waals surface area contributed by atoms with Crippen LogP contribution in [0.3, 0.4) is 0 Å². The molecule has 0 atom stereocenters. The van der Waals surface area contributed by atoms with E-state index in [1.54, 1.807) is 0 Å². The summed E-state index contributed by atoms with van der Waals surface area (Å²) in [6.07, 6.45) is 0. The molecule has 4 heteroatoms. The van der Waals surface area contributed by atoms with Crippen molar-refractivity contribution in [2.45, 2.75) is 6.92 Å². The van der Waals surface area contributed by atoms with Gasteiger partial charge in [0.15, 0.2) is 0 Å². The number of aromatic nitrogens is 3. The fourth-order valence-electron chi connectivity index (χ4n) is 1.91. The van der Waals surface area contributed by atoms with Gasteiger partial charge in [-0.2, -0.15) is 0 Å². The molecule has 0 spiro atoms. The van der Waals surface area contributed by atoms with E-state index in [1.807, 2.05) is 43.3 Å². The maximum Gasteiger partial charge on any atom is 0.142 e. The minimum absolute atomic E-state index is 0.581. The van der Waals surface area contributed by atoms with Crippen LogP contribution >= 0.6 is 11.6 Å². The van der Waals surface area contributed by atoms with Crippen molar-refractivity contribution >= 4 is 22.6 Å². The zero-order valence-electron chi connectivity index (χ0n) is 9.24. The van der Waals surface area contributed by atoms with Crippen LogP contribution in [0.15, 0.2) is 36.4 Å². The molecule has 0 aliphatic rings. The number of rotatable bonds is 1. The zero-order chi connectivity index (χ0) is 11.8. The van der Waals surface area contributed by atoms with Crippen LogP contribution in [-0.2, 0) is 0 Å². The Morgan fingerprint density at radius 2 is 1.88 bits per heavy atom. The normalized spacial score (nSPS) is 10.9. The molecule has 0 aliphatic heterocycles. The van der Waals surface area contributed by atoms with Crippen LogP contribution in [0.1, 0.15) is 5.82 Å². The van der Waals surface area contributed by atoms with Gasteiger partial charge in [-0.25, -0.2) is 9.97 Å². The van der Waals surface area contributed by atoms with Gasteiger partial charge >= 0.3 is 0 Å². The third-order valence-electron chi connectivity index (χ3n) is 2.61. The molecule has 3 nitrogen and oxygen atoms in total. The van der Waals surface area contributed by atoms with Gasteiger partial charge in [-0.1, -0.05) is 41.9 Å². The summed E-state index contributed by atoms with van der Waals surface area (Å²) in [5.74, 6) is 0.731. The van der Waals surface area contributed by atoms with E-state index in [0.717, 1.165) is 28.1 Å². The number of aryl methyl sites for hydroxylation is 1. The van der Waals surface area contributed by atoms with Crippen molar-refractivity contribution in [3.63, 3.8) is 0 Å². The van der Waals surface area contributed by atoms with Gasteiger partial charge in [-0.05, 0) is 13.0 Å². The molecule has 0 fully saturated rings. The molecule has 17 heavy (non-hydrogen) atoms. The van der Waals surface area contributed by atoms with Gasteiger partial charge in [0.25, 0.3) is 0 Å². The van der Waals surface area contributed by atoms with Gasteiger partial charge in [0.2, 0.25) is 0 Å². The average molecular weight is 244 g/mol. The summed E-state index contributed by atoms with van der Waals surface area (Å²) in [4.78, 5) is 11.9. The molecule has 2 aromatic heterocycles. The average Bonchev–Trinajstić information content (AvgIpc) is 2.69. The summed E-state index contributed by atoms with van der Waals surface area (Å²) in [5, 5.41) is 1.53. The maximum absolute atomic E-state index is 5.97. The van der Waals surface area contributed by atoms with Crippen LogP contribution in [0.4, 0.5) is 0 Å². The van der Waals surface area contributed by atoms with Crippen molar-refractivity contribution in [1.29, 1.82) is 0 Å². The topological polar surface area (TPSA) is 41.6 Å². The molecule has 1 N–H and O–H groups in total. The first-order valence-corrected chi connectivity index (χ1v) is 5.70. The molecule has 0 saturated heterocycles. The number of halogens is 1. The number of benzene rings is 1. The number of hydrogen-bond donors (Lipinski definition) is 1. The summed E-state index contributed by atoms with van der Waals surface area (Å²) in [6.45, 7) is 1.88. The molecule has 0 unspecified atom stereocenters. The van der Waals surface area contributed by atoms with E-state index in [0.29, 0.717) is 5.15 Å². The molecule has 0 radical (unpaired) electrons. The number of nitrogens with zero attached hydrogens (tertiary/aromatic N) is 2. The van der Waals surface area contributed by atoms with Crippen LogP contribution in [-0.4, -0.2) is 15.0 Å². The number of nitrogens with one attached hydrogen (secondary N) is 1. The fourth-order valence-corrected chi connectivity index (χ4v) is 2.10. The third-order valence-corrected chi connectivity index (χ3v) is 2.82. The van der Waals surface area contributed by atoms with Crippen LogP contribution in [0.25, 0.3) is 22.3 Å². The van der Waals surface area contributed by atoms with Gasteiger partial charge < -0.3 is 4.98 Å². The lowest BCUT2D eigenvalue weighted by atomic mass is 10.1. The van der Waals surface area contributed by atoms with Crippen molar-refractivity contribution in [1.82, 2.24) is 15.0 Å². The maximum atomic E-state index is 5.97. The largest absolute Gasteiger partial charge is 0.330 e. The van der Waals surface area contributed by atoms with E-state index in [1.165, 1.54) is 0 Å². The first-order valence-electron chi connectivity index (χ1n) is 5.32. The lowest BCUT2D eigenvalue weighted by molar-refractivity contribution is 1.08.